The van der Waals surface area contributed by atoms with Crippen LogP contribution in [0.25, 0.3) is 5.65 Å². The lowest BCUT2D eigenvalue weighted by Crippen LogP contribution is -2.38. The monoisotopic (exact) mass is 421 g/mol. The zero-order valence-corrected chi connectivity index (χ0v) is 19.0. The number of nitrogens with one attached hydrogen (secondary N) is 1. The summed E-state index contributed by atoms with van der Waals surface area (Å²) in [6, 6.07) is 7.20. The molecule has 164 valence electrons. The van der Waals surface area contributed by atoms with E-state index in [9.17, 15) is 9.59 Å². The van der Waals surface area contributed by atoms with Crippen molar-refractivity contribution in [1.82, 2.24) is 18.9 Å². The molecule has 4 rings (SSSR count). The van der Waals surface area contributed by atoms with E-state index in [4.69, 9.17) is 4.98 Å². The van der Waals surface area contributed by atoms with E-state index in [0.29, 0.717) is 18.7 Å². The molecule has 1 N–H and O–H groups in total. The molecule has 0 unspecified atom stereocenters. The van der Waals surface area contributed by atoms with Gasteiger partial charge in [-0.3, -0.25) is 14.0 Å². The summed E-state index contributed by atoms with van der Waals surface area (Å²) in [5.74, 6) is 1.32. The largest absolute Gasteiger partial charge is 0.365 e. The van der Waals surface area contributed by atoms with Gasteiger partial charge in [0.1, 0.15) is 11.5 Å². The Bertz CT molecular complexity index is 1180. The van der Waals surface area contributed by atoms with Crippen molar-refractivity contribution in [3.63, 3.8) is 0 Å². The van der Waals surface area contributed by atoms with Crippen LogP contribution in [0.3, 0.4) is 0 Å². The van der Waals surface area contributed by atoms with Crippen LogP contribution in [0.2, 0.25) is 0 Å². The number of hydrogen-bond acceptors (Lipinski definition) is 4. The van der Waals surface area contributed by atoms with Crippen LogP contribution >= 0.6 is 0 Å². The quantitative estimate of drug-likeness (QED) is 0.702. The first-order valence-electron chi connectivity index (χ1n) is 10.9. The number of aryl methyl sites for hydroxylation is 2. The fraction of sp³-hybridized carbons (Fsp3) is 0.458. The molecule has 1 fully saturated rings. The summed E-state index contributed by atoms with van der Waals surface area (Å²) in [5, 5.41) is 3.66. The first kappa shape index (κ1) is 21.2. The number of anilines is 1. The van der Waals surface area contributed by atoms with Gasteiger partial charge in [0.25, 0.3) is 5.91 Å². The zero-order chi connectivity index (χ0) is 22.3. The summed E-state index contributed by atoms with van der Waals surface area (Å²) in [6.07, 6.45) is 5.40. The van der Waals surface area contributed by atoms with Crippen molar-refractivity contribution in [3.8, 4) is 0 Å². The maximum absolute atomic E-state index is 12.9. The fourth-order valence-electron chi connectivity index (χ4n) is 4.24. The van der Waals surface area contributed by atoms with E-state index in [1.807, 2.05) is 4.90 Å². The second-order valence-corrected chi connectivity index (χ2v) is 9.54. The summed E-state index contributed by atoms with van der Waals surface area (Å²) in [5.41, 5.74) is 3.56. The molecule has 3 aromatic heterocycles. The van der Waals surface area contributed by atoms with Crippen LogP contribution in [0.4, 0.5) is 5.82 Å². The van der Waals surface area contributed by atoms with Crippen LogP contribution in [-0.4, -0.2) is 43.4 Å². The number of aromatic nitrogens is 3. The summed E-state index contributed by atoms with van der Waals surface area (Å²) < 4.78 is 3.60. The van der Waals surface area contributed by atoms with Crippen molar-refractivity contribution in [1.29, 1.82) is 0 Å². The van der Waals surface area contributed by atoms with Crippen molar-refractivity contribution >= 4 is 17.4 Å². The number of likely N-dealkylation sites (tertiary alicyclic amines) is 1. The number of hydrogen-bond donors (Lipinski definition) is 1. The van der Waals surface area contributed by atoms with Gasteiger partial charge in [0.2, 0.25) is 5.56 Å². The van der Waals surface area contributed by atoms with Gasteiger partial charge in [-0.25, -0.2) is 4.98 Å². The number of amides is 1. The van der Waals surface area contributed by atoms with E-state index >= 15 is 0 Å². The van der Waals surface area contributed by atoms with Crippen LogP contribution in [0.1, 0.15) is 61.1 Å². The first-order chi connectivity index (χ1) is 14.6. The van der Waals surface area contributed by atoms with E-state index in [0.717, 1.165) is 35.6 Å². The van der Waals surface area contributed by atoms with E-state index in [2.05, 4.69) is 55.7 Å². The number of nitrogens with zero attached hydrogens (tertiary/aromatic N) is 4. The molecular formula is C24H31N5O2. The summed E-state index contributed by atoms with van der Waals surface area (Å²) >= 11 is 0. The molecule has 31 heavy (non-hydrogen) atoms. The molecule has 0 saturated carbocycles. The summed E-state index contributed by atoms with van der Waals surface area (Å²) in [7, 11) is 1.67. The standard InChI is InChI=1S/C24H31N5O2/c1-16-7-6-12-29-21(16)25-20(22(29)26-24(2,3)4)17-10-13-28(14-11-17)23(31)18-8-9-19(30)27(5)15-18/h6-9,12,15,17,26H,10-11,13-14H2,1-5H3. The minimum absolute atomic E-state index is 0.0204. The van der Waals surface area contributed by atoms with Gasteiger partial charge < -0.3 is 14.8 Å². The molecule has 0 atom stereocenters. The number of fused-ring (bicyclic) bond motifs is 1. The second kappa shape index (κ2) is 7.87. The Morgan fingerprint density at radius 2 is 1.87 bits per heavy atom. The molecule has 0 aliphatic carbocycles. The number of pyridine rings is 2. The molecule has 1 amide bonds. The lowest BCUT2D eigenvalue weighted by atomic mass is 9.92. The van der Waals surface area contributed by atoms with E-state index in [1.165, 1.54) is 10.6 Å². The Morgan fingerprint density at radius 3 is 2.52 bits per heavy atom. The van der Waals surface area contributed by atoms with Crippen LogP contribution in [0.5, 0.6) is 0 Å². The minimum atomic E-state index is -0.115. The van der Waals surface area contributed by atoms with Crippen LogP contribution in [0.15, 0.2) is 41.5 Å². The Morgan fingerprint density at radius 1 is 1.16 bits per heavy atom. The third-order valence-corrected chi connectivity index (χ3v) is 5.87. The van der Waals surface area contributed by atoms with Gasteiger partial charge >= 0.3 is 0 Å². The summed E-state index contributed by atoms with van der Waals surface area (Å²) in [4.78, 5) is 31.5. The average Bonchev–Trinajstić information content (AvgIpc) is 3.08. The Balaban J connectivity index is 1.57. The minimum Gasteiger partial charge on any atom is -0.365 e. The highest BCUT2D eigenvalue weighted by Gasteiger charge is 2.30. The summed E-state index contributed by atoms with van der Waals surface area (Å²) in [6.45, 7) is 9.89. The van der Waals surface area contributed by atoms with Gasteiger partial charge in [-0.15, -0.1) is 0 Å². The molecule has 0 aromatic carbocycles. The molecule has 7 nitrogen and oxygen atoms in total. The lowest BCUT2D eigenvalue weighted by molar-refractivity contribution is 0.0711. The molecule has 1 aliphatic heterocycles. The molecule has 0 spiro atoms. The molecule has 7 heteroatoms. The van der Waals surface area contributed by atoms with Gasteiger partial charge in [-0.1, -0.05) is 6.07 Å². The SMILES string of the molecule is Cc1cccn2c(NC(C)(C)C)c(C3CCN(C(=O)c4ccc(=O)n(C)c4)CC3)nc12. The molecular weight excluding hydrogens is 390 g/mol. The molecule has 4 heterocycles. The van der Waals surface area contributed by atoms with Crippen molar-refractivity contribution in [2.75, 3.05) is 18.4 Å². The Kier molecular flexibility index (Phi) is 5.37. The smallest absolute Gasteiger partial charge is 0.255 e. The highest BCUT2D eigenvalue weighted by molar-refractivity contribution is 5.94. The molecule has 0 radical (unpaired) electrons. The number of rotatable bonds is 3. The maximum atomic E-state index is 12.9. The number of piperidine rings is 1. The molecule has 1 saturated heterocycles. The van der Waals surface area contributed by atoms with Crippen LogP contribution in [-0.2, 0) is 7.05 Å². The van der Waals surface area contributed by atoms with Gasteiger partial charge in [0, 0.05) is 50.1 Å². The van der Waals surface area contributed by atoms with Crippen molar-refractivity contribution in [2.45, 2.75) is 52.0 Å². The average molecular weight is 422 g/mol. The van der Waals surface area contributed by atoms with Gasteiger partial charge in [-0.05, 0) is 58.2 Å². The lowest BCUT2D eigenvalue weighted by Gasteiger charge is -2.32. The molecule has 1 aliphatic rings. The zero-order valence-electron chi connectivity index (χ0n) is 19.0. The Hall–Kier alpha value is -3.09. The van der Waals surface area contributed by atoms with Crippen molar-refractivity contribution in [2.24, 2.45) is 7.05 Å². The number of carbonyl (C=O) groups is 1. The van der Waals surface area contributed by atoms with E-state index < -0.39 is 0 Å². The fourth-order valence-corrected chi connectivity index (χ4v) is 4.24. The van der Waals surface area contributed by atoms with Crippen molar-refractivity contribution in [3.05, 3.63) is 63.8 Å². The number of carbonyl (C=O) groups excluding carboxylic acids is 1. The predicted molar refractivity (Wildman–Crippen MR) is 123 cm³/mol. The van der Waals surface area contributed by atoms with Crippen molar-refractivity contribution < 1.29 is 4.79 Å². The van der Waals surface area contributed by atoms with Crippen LogP contribution < -0.4 is 10.9 Å². The third kappa shape index (κ3) is 4.22. The second-order valence-electron chi connectivity index (χ2n) is 9.54. The number of imidazole rings is 1. The third-order valence-electron chi connectivity index (χ3n) is 5.87. The predicted octanol–water partition coefficient (Wildman–Crippen LogP) is 3.57. The molecule has 0 bridgehead atoms. The van der Waals surface area contributed by atoms with E-state index in [1.54, 1.807) is 19.3 Å². The highest BCUT2D eigenvalue weighted by atomic mass is 16.2. The van der Waals surface area contributed by atoms with E-state index in [-0.39, 0.29) is 22.9 Å². The normalized spacial score (nSPS) is 15.5. The first-order valence-corrected chi connectivity index (χ1v) is 10.9. The molecule has 3 aromatic rings. The Labute approximate surface area is 182 Å². The van der Waals surface area contributed by atoms with Gasteiger partial charge in [0.05, 0.1) is 11.3 Å². The van der Waals surface area contributed by atoms with Gasteiger partial charge in [0.15, 0.2) is 0 Å². The van der Waals surface area contributed by atoms with Gasteiger partial charge in [-0.2, -0.15) is 0 Å². The topological polar surface area (TPSA) is 71.6 Å². The maximum Gasteiger partial charge on any atom is 0.255 e. The van der Waals surface area contributed by atoms with Crippen LogP contribution in [0, 0.1) is 6.92 Å². The highest BCUT2D eigenvalue weighted by Crippen LogP contribution is 2.35.